The summed E-state index contributed by atoms with van der Waals surface area (Å²) in [5, 5.41) is 0.689. The van der Waals surface area contributed by atoms with Gasteiger partial charge in [0.05, 0.1) is 23.6 Å². The van der Waals surface area contributed by atoms with E-state index in [-0.39, 0.29) is 0 Å². The van der Waals surface area contributed by atoms with E-state index in [9.17, 15) is 0 Å². The SMILES string of the molecule is CCCCCCCCCCCCCC[P+](CCCCCC)(CCCCCC)C(CCCCC)(CCCCCC(C)C)CCCCCC(C)C. The molecule has 0 amide bonds. The summed E-state index contributed by atoms with van der Waals surface area (Å²) in [6, 6.07) is 0. The molecule has 0 aliphatic carbocycles. The van der Waals surface area contributed by atoms with Crippen molar-refractivity contribution in [3.8, 4) is 0 Å². The summed E-state index contributed by atoms with van der Waals surface area (Å²) in [5.74, 6) is 1.73. The Hall–Kier alpha value is 0.430. The summed E-state index contributed by atoms with van der Waals surface area (Å²) in [6.07, 6.45) is 55.5. The Labute approximate surface area is 315 Å². The van der Waals surface area contributed by atoms with Crippen molar-refractivity contribution < 1.29 is 0 Å². The van der Waals surface area contributed by atoms with Gasteiger partial charge in [0.1, 0.15) is 0 Å². The molecule has 0 spiro atoms. The lowest BCUT2D eigenvalue weighted by Crippen LogP contribution is -2.37. The van der Waals surface area contributed by atoms with Crippen molar-refractivity contribution in [3.63, 3.8) is 0 Å². The van der Waals surface area contributed by atoms with E-state index in [2.05, 4.69) is 55.4 Å². The maximum absolute atomic E-state index is 2.45. The van der Waals surface area contributed by atoms with E-state index in [1.807, 2.05) is 0 Å². The zero-order valence-electron chi connectivity index (χ0n) is 36.3. The smallest absolute Gasteiger partial charge is 0.0654 e. The van der Waals surface area contributed by atoms with Crippen LogP contribution in [0.4, 0.5) is 0 Å². The van der Waals surface area contributed by atoms with Crippen LogP contribution in [-0.4, -0.2) is 23.6 Å². The quantitative estimate of drug-likeness (QED) is 0.0439. The molecule has 0 rings (SSSR count). The predicted octanol–water partition coefficient (Wildman–Crippen LogP) is 18.4. The molecule has 0 N–H and O–H groups in total. The van der Waals surface area contributed by atoms with Crippen LogP contribution in [0.3, 0.4) is 0 Å². The van der Waals surface area contributed by atoms with Gasteiger partial charge in [-0.2, -0.15) is 0 Å². The number of rotatable bonds is 40. The van der Waals surface area contributed by atoms with Gasteiger partial charge in [-0.15, -0.1) is 0 Å². The Kier molecular flexibility index (Phi) is 35.8. The van der Waals surface area contributed by atoms with Crippen LogP contribution in [0.1, 0.15) is 274 Å². The van der Waals surface area contributed by atoms with Crippen molar-refractivity contribution in [2.45, 2.75) is 279 Å². The number of hydrogen-bond donors (Lipinski definition) is 0. The molecule has 0 fully saturated rings. The third-order valence-electron chi connectivity index (χ3n) is 12.4. The van der Waals surface area contributed by atoms with E-state index < -0.39 is 7.26 Å². The van der Waals surface area contributed by atoms with Crippen LogP contribution in [-0.2, 0) is 0 Å². The fourth-order valence-corrected chi connectivity index (χ4v) is 15.6. The molecule has 1 heteroatoms. The highest BCUT2D eigenvalue weighted by atomic mass is 31.2. The topological polar surface area (TPSA) is 0 Å². The molecule has 0 aromatic rings. The fourth-order valence-electron chi connectivity index (χ4n) is 9.14. The van der Waals surface area contributed by atoms with Gasteiger partial charge in [-0.1, -0.05) is 197 Å². The van der Waals surface area contributed by atoms with Crippen LogP contribution in [0.15, 0.2) is 0 Å². The summed E-state index contributed by atoms with van der Waals surface area (Å²) in [4.78, 5) is 0. The van der Waals surface area contributed by atoms with Crippen molar-refractivity contribution in [2.24, 2.45) is 11.8 Å². The Balaban J connectivity index is 6.08. The third-order valence-corrected chi connectivity index (χ3v) is 18.6. The molecule has 0 nitrogen and oxygen atoms in total. The first-order valence-corrected chi connectivity index (χ1v) is 26.0. The standard InChI is InChI=1S/C48H100P/c1-9-13-17-20-21-22-23-24-25-26-27-37-45-49(43-35-18-14-10-2,44-36-19-15-11-3)48(40-32-16-12-4,41-33-28-30-38-46(5)6)42-34-29-31-39-47(7)8/h46-47H,9-45H2,1-8H3/q+1. The maximum atomic E-state index is 2.45. The molecular formula is C48H100P+. The summed E-state index contributed by atoms with van der Waals surface area (Å²) < 4.78 is 0. The highest BCUT2D eigenvalue weighted by Crippen LogP contribution is 2.74. The van der Waals surface area contributed by atoms with Crippen LogP contribution in [0, 0.1) is 11.8 Å². The molecule has 0 aromatic carbocycles. The van der Waals surface area contributed by atoms with Crippen LogP contribution >= 0.6 is 7.26 Å². The van der Waals surface area contributed by atoms with Crippen molar-refractivity contribution in [1.82, 2.24) is 0 Å². The highest BCUT2D eigenvalue weighted by Gasteiger charge is 2.54. The van der Waals surface area contributed by atoms with Gasteiger partial charge >= 0.3 is 0 Å². The Morgan fingerprint density at radius 2 is 0.551 bits per heavy atom. The van der Waals surface area contributed by atoms with Crippen LogP contribution in [0.5, 0.6) is 0 Å². The number of hydrogen-bond acceptors (Lipinski definition) is 0. The molecule has 0 heterocycles. The second-order valence-electron chi connectivity index (χ2n) is 18.0. The van der Waals surface area contributed by atoms with Gasteiger partial charge in [-0.25, -0.2) is 0 Å². The van der Waals surface area contributed by atoms with E-state index in [1.165, 1.54) is 180 Å². The van der Waals surface area contributed by atoms with Crippen molar-refractivity contribution in [1.29, 1.82) is 0 Å². The zero-order valence-corrected chi connectivity index (χ0v) is 37.2. The summed E-state index contributed by atoms with van der Waals surface area (Å²) in [5.41, 5.74) is 0. The minimum absolute atomic E-state index is 0.689. The second-order valence-corrected chi connectivity index (χ2v) is 22.6. The largest absolute Gasteiger partial charge is 0.0799 e. The average Bonchev–Trinajstić information content (AvgIpc) is 3.08. The van der Waals surface area contributed by atoms with E-state index >= 15 is 0 Å². The number of unbranched alkanes of at least 4 members (excludes halogenated alkanes) is 23. The molecule has 0 saturated carbocycles. The first-order valence-electron chi connectivity index (χ1n) is 23.7. The summed E-state index contributed by atoms with van der Waals surface area (Å²) in [7, 11) is -1.07. The maximum Gasteiger partial charge on any atom is 0.0799 e. The van der Waals surface area contributed by atoms with Crippen LogP contribution < -0.4 is 0 Å². The van der Waals surface area contributed by atoms with Crippen LogP contribution in [0.2, 0.25) is 0 Å². The Morgan fingerprint density at radius 1 is 0.306 bits per heavy atom. The minimum atomic E-state index is -1.07. The molecule has 0 aliphatic heterocycles. The van der Waals surface area contributed by atoms with Crippen LogP contribution in [0.25, 0.3) is 0 Å². The molecule has 296 valence electrons. The first-order chi connectivity index (χ1) is 23.8. The van der Waals surface area contributed by atoms with Gasteiger partial charge in [0.15, 0.2) is 0 Å². The minimum Gasteiger partial charge on any atom is -0.0654 e. The van der Waals surface area contributed by atoms with Gasteiger partial charge in [-0.05, 0) is 88.9 Å². The lowest BCUT2D eigenvalue weighted by molar-refractivity contribution is 0.386. The van der Waals surface area contributed by atoms with Crippen molar-refractivity contribution >= 4 is 7.26 Å². The molecule has 0 radical (unpaired) electrons. The molecule has 49 heavy (non-hydrogen) atoms. The summed E-state index contributed by atoms with van der Waals surface area (Å²) >= 11 is 0. The molecule has 0 unspecified atom stereocenters. The third kappa shape index (κ3) is 26.8. The van der Waals surface area contributed by atoms with Gasteiger partial charge in [0, 0.05) is 7.26 Å². The molecular weight excluding hydrogens is 608 g/mol. The fraction of sp³-hybridized carbons (Fsp3) is 1.00. The van der Waals surface area contributed by atoms with E-state index in [0.29, 0.717) is 5.16 Å². The Bertz CT molecular complexity index is 605. The first kappa shape index (κ1) is 49.4. The molecule has 0 atom stereocenters. The lowest BCUT2D eigenvalue weighted by atomic mass is 9.88. The molecule has 0 saturated heterocycles. The van der Waals surface area contributed by atoms with Crippen molar-refractivity contribution in [3.05, 3.63) is 0 Å². The highest BCUT2D eigenvalue weighted by molar-refractivity contribution is 7.77. The average molecular weight is 708 g/mol. The van der Waals surface area contributed by atoms with Crippen molar-refractivity contribution in [2.75, 3.05) is 18.5 Å². The monoisotopic (exact) mass is 708 g/mol. The normalized spacial score (nSPS) is 12.6. The van der Waals surface area contributed by atoms with Gasteiger partial charge < -0.3 is 0 Å². The molecule has 0 aliphatic rings. The Morgan fingerprint density at radius 3 is 0.878 bits per heavy atom. The summed E-state index contributed by atoms with van der Waals surface area (Å²) in [6.45, 7) is 19.4. The lowest BCUT2D eigenvalue weighted by Gasteiger charge is -2.47. The zero-order chi connectivity index (χ0) is 36.3. The van der Waals surface area contributed by atoms with Gasteiger partial charge in [0.2, 0.25) is 0 Å². The molecule has 0 aromatic heterocycles. The second kappa shape index (κ2) is 35.5. The van der Waals surface area contributed by atoms with E-state index in [0.717, 1.165) is 11.8 Å². The van der Waals surface area contributed by atoms with Gasteiger partial charge in [-0.3, -0.25) is 0 Å². The molecule has 0 bridgehead atoms. The predicted molar refractivity (Wildman–Crippen MR) is 234 cm³/mol. The van der Waals surface area contributed by atoms with E-state index in [4.69, 9.17) is 0 Å². The van der Waals surface area contributed by atoms with E-state index in [1.54, 1.807) is 57.0 Å². The van der Waals surface area contributed by atoms with Gasteiger partial charge in [0.25, 0.3) is 0 Å².